The van der Waals surface area contributed by atoms with E-state index in [0.29, 0.717) is 5.75 Å². The van der Waals surface area contributed by atoms with Crippen LogP contribution in [0.4, 0.5) is 0 Å². The second kappa shape index (κ2) is 7.64. The lowest BCUT2D eigenvalue weighted by Crippen LogP contribution is -2.37. The van der Waals surface area contributed by atoms with Crippen LogP contribution in [0.3, 0.4) is 0 Å². The van der Waals surface area contributed by atoms with Gasteiger partial charge in [0, 0.05) is 0 Å². The first-order valence-corrected chi connectivity index (χ1v) is 7.71. The quantitative estimate of drug-likeness (QED) is 0.878. The van der Waals surface area contributed by atoms with Crippen LogP contribution in [0, 0.1) is 0 Å². The number of carbonyl (C=O) groups excluding carboxylic acids is 1. The van der Waals surface area contributed by atoms with E-state index in [-0.39, 0.29) is 11.9 Å². The highest BCUT2D eigenvalue weighted by molar-refractivity contribution is 5.81. The number of nitrogens with one attached hydrogen (secondary N) is 1. The maximum absolute atomic E-state index is 12.2. The summed E-state index contributed by atoms with van der Waals surface area (Å²) in [6.45, 7) is 5.87. The van der Waals surface area contributed by atoms with E-state index in [1.165, 1.54) is 5.56 Å². The Bertz CT molecular complexity index is 593. The molecule has 1 amide bonds. The summed E-state index contributed by atoms with van der Waals surface area (Å²) in [6.07, 6.45) is 0.489. The predicted molar refractivity (Wildman–Crippen MR) is 88.9 cm³/mol. The van der Waals surface area contributed by atoms with Gasteiger partial charge in [0.15, 0.2) is 6.10 Å². The number of benzene rings is 2. The van der Waals surface area contributed by atoms with E-state index in [4.69, 9.17) is 4.74 Å². The lowest BCUT2D eigenvalue weighted by atomic mass is 10.0. The van der Waals surface area contributed by atoms with E-state index in [2.05, 4.69) is 36.5 Å². The van der Waals surface area contributed by atoms with Crippen molar-refractivity contribution in [2.45, 2.75) is 39.3 Å². The molecule has 0 radical (unpaired) electrons. The Hall–Kier alpha value is -2.29. The lowest BCUT2D eigenvalue weighted by Gasteiger charge is -2.19. The van der Waals surface area contributed by atoms with Crippen LogP contribution in [-0.2, 0) is 11.2 Å². The molecular formula is C19H23NO2. The smallest absolute Gasteiger partial charge is 0.261 e. The SMILES string of the molecule is CCc1ccc([C@H](C)NC(=O)[C@H](C)Oc2ccccc2)cc1. The zero-order valence-electron chi connectivity index (χ0n) is 13.4. The maximum atomic E-state index is 12.2. The molecule has 2 aromatic carbocycles. The molecule has 0 aliphatic heterocycles. The van der Waals surface area contributed by atoms with Crippen molar-refractivity contribution in [3.05, 3.63) is 65.7 Å². The Morgan fingerprint density at radius 3 is 2.27 bits per heavy atom. The fourth-order valence-corrected chi connectivity index (χ4v) is 2.21. The van der Waals surface area contributed by atoms with Crippen LogP contribution in [-0.4, -0.2) is 12.0 Å². The standard InChI is InChI=1S/C19H23NO2/c1-4-16-10-12-17(13-11-16)14(2)20-19(21)15(3)22-18-8-6-5-7-9-18/h5-15H,4H2,1-3H3,(H,20,21)/t14-,15-/m0/s1. The lowest BCUT2D eigenvalue weighted by molar-refractivity contribution is -0.127. The second-order valence-corrected chi connectivity index (χ2v) is 5.40. The molecule has 0 heterocycles. The third-order valence-electron chi connectivity index (χ3n) is 3.67. The molecule has 2 rings (SSSR count). The fourth-order valence-electron chi connectivity index (χ4n) is 2.21. The summed E-state index contributed by atoms with van der Waals surface area (Å²) >= 11 is 0. The molecule has 2 aromatic rings. The van der Waals surface area contributed by atoms with Gasteiger partial charge in [-0.3, -0.25) is 4.79 Å². The van der Waals surface area contributed by atoms with Crippen molar-refractivity contribution in [1.29, 1.82) is 0 Å². The first-order chi connectivity index (χ1) is 10.6. The van der Waals surface area contributed by atoms with Crippen LogP contribution in [0.2, 0.25) is 0 Å². The van der Waals surface area contributed by atoms with Gasteiger partial charge in [-0.15, -0.1) is 0 Å². The number of hydrogen-bond acceptors (Lipinski definition) is 2. The van der Waals surface area contributed by atoms with Crippen molar-refractivity contribution in [2.75, 3.05) is 0 Å². The van der Waals surface area contributed by atoms with E-state index in [1.807, 2.05) is 37.3 Å². The largest absolute Gasteiger partial charge is 0.481 e. The molecule has 0 aromatic heterocycles. The Kier molecular flexibility index (Phi) is 5.59. The molecule has 0 bridgehead atoms. The summed E-state index contributed by atoms with van der Waals surface area (Å²) in [4.78, 5) is 12.2. The van der Waals surface area contributed by atoms with Gasteiger partial charge in [0.2, 0.25) is 0 Å². The normalized spacial score (nSPS) is 13.2. The minimum absolute atomic E-state index is 0.0415. The van der Waals surface area contributed by atoms with Gasteiger partial charge in [-0.2, -0.15) is 0 Å². The van der Waals surface area contributed by atoms with E-state index in [1.54, 1.807) is 6.92 Å². The number of carbonyl (C=O) groups is 1. The minimum atomic E-state index is -0.528. The summed E-state index contributed by atoms with van der Waals surface area (Å²) in [5, 5.41) is 2.99. The highest BCUT2D eigenvalue weighted by Gasteiger charge is 2.17. The van der Waals surface area contributed by atoms with Gasteiger partial charge in [0.25, 0.3) is 5.91 Å². The van der Waals surface area contributed by atoms with E-state index >= 15 is 0 Å². The van der Waals surface area contributed by atoms with E-state index < -0.39 is 6.10 Å². The molecule has 2 atom stereocenters. The van der Waals surface area contributed by atoms with Gasteiger partial charge in [0.1, 0.15) is 5.75 Å². The highest BCUT2D eigenvalue weighted by Crippen LogP contribution is 2.15. The Morgan fingerprint density at radius 1 is 1.05 bits per heavy atom. The fraction of sp³-hybridized carbons (Fsp3) is 0.316. The predicted octanol–water partition coefficient (Wildman–Crippen LogP) is 3.89. The zero-order valence-corrected chi connectivity index (χ0v) is 13.4. The Labute approximate surface area is 132 Å². The van der Waals surface area contributed by atoms with Crippen LogP contribution in [0.25, 0.3) is 0 Å². The molecule has 3 heteroatoms. The first-order valence-electron chi connectivity index (χ1n) is 7.71. The number of para-hydroxylation sites is 1. The molecule has 0 aliphatic rings. The van der Waals surface area contributed by atoms with Crippen LogP contribution in [0.1, 0.15) is 37.9 Å². The average molecular weight is 297 g/mol. The summed E-state index contributed by atoms with van der Waals surface area (Å²) in [6, 6.07) is 17.7. The van der Waals surface area contributed by atoms with Crippen LogP contribution >= 0.6 is 0 Å². The molecule has 0 fully saturated rings. The number of aryl methyl sites for hydroxylation is 1. The van der Waals surface area contributed by atoms with Crippen LogP contribution < -0.4 is 10.1 Å². The number of amides is 1. The summed E-state index contributed by atoms with van der Waals surface area (Å²) in [5.74, 6) is 0.584. The molecule has 0 unspecified atom stereocenters. The molecule has 116 valence electrons. The molecule has 0 aliphatic carbocycles. The molecule has 1 N–H and O–H groups in total. The van der Waals surface area contributed by atoms with Gasteiger partial charge in [-0.25, -0.2) is 0 Å². The molecule has 0 saturated carbocycles. The average Bonchev–Trinajstić information content (AvgIpc) is 2.55. The van der Waals surface area contributed by atoms with Crippen LogP contribution in [0.15, 0.2) is 54.6 Å². The summed E-state index contributed by atoms with van der Waals surface area (Å²) < 4.78 is 5.64. The van der Waals surface area contributed by atoms with Gasteiger partial charge in [0.05, 0.1) is 6.04 Å². The van der Waals surface area contributed by atoms with Crippen molar-refractivity contribution in [1.82, 2.24) is 5.32 Å². The van der Waals surface area contributed by atoms with Gasteiger partial charge >= 0.3 is 0 Å². The second-order valence-electron chi connectivity index (χ2n) is 5.40. The summed E-state index contributed by atoms with van der Waals surface area (Å²) in [5.41, 5.74) is 2.39. The van der Waals surface area contributed by atoms with Crippen molar-refractivity contribution < 1.29 is 9.53 Å². The van der Waals surface area contributed by atoms with Crippen molar-refractivity contribution >= 4 is 5.91 Å². The molecular weight excluding hydrogens is 274 g/mol. The highest BCUT2D eigenvalue weighted by atomic mass is 16.5. The molecule has 22 heavy (non-hydrogen) atoms. The van der Waals surface area contributed by atoms with Crippen molar-refractivity contribution in [3.63, 3.8) is 0 Å². The summed E-state index contributed by atoms with van der Waals surface area (Å²) in [7, 11) is 0. The molecule has 3 nitrogen and oxygen atoms in total. The van der Waals surface area contributed by atoms with Gasteiger partial charge in [-0.05, 0) is 43.5 Å². The molecule has 0 spiro atoms. The zero-order chi connectivity index (χ0) is 15.9. The van der Waals surface area contributed by atoms with Gasteiger partial charge in [-0.1, -0.05) is 49.4 Å². The van der Waals surface area contributed by atoms with Crippen molar-refractivity contribution in [2.24, 2.45) is 0 Å². The minimum Gasteiger partial charge on any atom is -0.481 e. The number of rotatable bonds is 6. The Morgan fingerprint density at radius 2 is 1.68 bits per heavy atom. The van der Waals surface area contributed by atoms with Gasteiger partial charge < -0.3 is 10.1 Å². The Balaban J connectivity index is 1.92. The third-order valence-corrected chi connectivity index (χ3v) is 3.67. The number of hydrogen-bond donors (Lipinski definition) is 1. The van der Waals surface area contributed by atoms with Crippen LogP contribution in [0.5, 0.6) is 5.75 Å². The first kappa shape index (κ1) is 16.1. The monoisotopic (exact) mass is 297 g/mol. The number of ether oxygens (including phenoxy) is 1. The topological polar surface area (TPSA) is 38.3 Å². The van der Waals surface area contributed by atoms with E-state index in [0.717, 1.165) is 12.0 Å². The maximum Gasteiger partial charge on any atom is 0.261 e. The third kappa shape index (κ3) is 4.35. The van der Waals surface area contributed by atoms with Crippen molar-refractivity contribution in [3.8, 4) is 5.75 Å². The molecule has 0 saturated heterocycles. The van der Waals surface area contributed by atoms with E-state index in [9.17, 15) is 4.79 Å².